The molecule has 1 aliphatic heterocycles. The number of likely N-dealkylation sites (tertiary alicyclic amines) is 1. The first-order valence-corrected chi connectivity index (χ1v) is 4.81. The maximum absolute atomic E-state index is 11.8. The molecule has 2 heterocycles. The second-order valence-corrected chi connectivity index (χ2v) is 3.44. The van der Waals surface area contributed by atoms with Crippen LogP contribution in [0.25, 0.3) is 0 Å². The number of carbonyl (C=O) groups excluding carboxylic acids is 2. The summed E-state index contributed by atoms with van der Waals surface area (Å²) in [6.45, 7) is 0.581. The molecule has 0 bridgehead atoms. The normalized spacial score (nSPS) is 21.4. The van der Waals surface area contributed by atoms with Gasteiger partial charge >= 0.3 is 0 Å². The zero-order valence-corrected chi connectivity index (χ0v) is 8.18. The molecule has 1 aromatic heterocycles. The number of imide groups is 1. The van der Waals surface area contributed by atoms with Gasteiger partial charge < -0.3 is 10.2 Å². The van der Waals surface area contributed by atoms with Crippen LogP contribution in [0.2, 0.25) is 0 Å². The van der Waals surface area contributed by atoms with Crippen LogP contribution in [0.3, 0.4) is 0 Å². The standard InChI is InChI=1S/C10H12N2O3/c11-3-4-12-9(13)6-7(10(12)14)8-2-1-5-15-8/h1-2,5,7H,3-4,6,11H2. The van der Waals surface area contributed by atoms with Crippen molar-refractivity contribution < 1.29 is 14.0 Å². The van der Waals surface area contributed by atoms with E-state index in [9.17, 15) is 9.59 Å². The van der Waals surface area contributed by atoms with E-state index in [-0.39, 0.29) is 24.8 Å². The fourth-order valence-electron chi connectivity index (χ4n) is 1.76. The van der Waals surface area contributed by atoms with Crippen molar-refractivity contribution in [3.05, 3.63) is 24.2 Å². The lowest BCUT2D eigenvalue weighted by Crippen LogP contribution is -2.34. The molecule has 1 aromatic rings. The monoisotopic (exact) mass is 208 g/mol. The van der Waals surface area contributed by atoms with Gasteiger partial charge in [0.05, 0.1) is 6.26 Å². The van der Waals surface area contributed by atoms with Gasteiger partial charge in [-0.1, -0.05) is 0 Å². The summed E-state index contributed by atoms with van der Waals surface area (Å²) >= 11 is 0. The van der Waals surface area contributed by atoms with Crippen LogP contribution in [0, 0.1) is 0 Å². The summed E-state index contributed by atoms with van der Waals surface area (Å²) < 4.78 is 5.13. The summed E-state index contributed by atoms with van der Waals surface area (Å²) in [6.07, 6.45) is 1.69. The van der Waals surface area contributed by atoms with Crippen LogP contribution < -0.4 is 5.73 Å². The van der Waals surface area contributed by atoms with E-state index in [2.05, 4.69) is 0 Å². The maximum Gasteiger partial charge on any atom is 0.240 e. The molecule has 1 aliphatic rings. The molecule has 1 unspecified atom stereocenters. The lowest BCUT2D eigenvalue weighted by molar-refractivity contribution is -0.138. The molecule has 0 radical (unpaired) electrons. The third kappa shape index (κ3) is 1.66. The lowest BCUT2D eigenvalue weighted by atomic mass is 10.1. The Hall–Kier alpha value is -1.62. The van der Waals surface area contributed by atoms with Crippen LogP contribution >= 0.6 is 0 Å². The van der Waals surface area contributed by atoms with E-state index in [1.807, 2.05) is 0 Å². The number of nitrogens with two attached hydrogens (primary N) is 1. The maximum atomic E-state index is 11.8. The Labute approximate surface area is 86.8 Å². The fraction of sp³-hybridized carbons (Fsp3) is 0.400. The highest BCUT2D eigenvalue weighted by molar-refractivity contribution is 6.05. The third-order valence-electron chi connectivity index (χ3n) is 2.48. The van der Waals surface area contributed by atoms with Gasteiger partial charge in [-0.2, -0.15) is 0 Å². The van der Waals surface area contributed by atoms with Gasteiger partial charge in [-0.3, -0.25) is 14.5 Å². The van der Waals surface area contributed by atoms with Crippen molar-refractivity contribution in [1.29, 1.82) is 0 Å². The smallest absolute Gasteiger partial charge is 0.240 e. The number of rotatable bonds is 3. The van der Waals surface area contributed by atoms with E-state index in [0.29, 0.717) is 12.3 Å². The number of furan rings is 1. The van der Waals surface area contributed by atoms with E-state index in [0.717, 1.165) is 0 Å². The van der Waals surface area contributed by atoms with Gasteiger partial charge in [-0.15, -0.1) is 0 Å². The van der Waals surface area contributed by atoms with Crippen molar-refractivity contribution in [1.82, 2.24) is 4.90 Å². The molecular weight excluding hydrogens is 196 g/mol. The van der Waals surface area contributed by atoms with Crippen LogP contribution in [0.15, 0.2) is 22.8 Å². The van der Waals surface area contributed by atoms with Gasteiger partial charge in [0.1, 0.15) is 11.7 Å². The molecule has 15 heavy (non-hydrogen) atoms. The second kappa shape index (κ2) is 3.86. The number of amides is 2. The Morgan fingerprint density at radius 3 is 2.93 bits per heavy atom. The molecular formula is C10H12N2O3. The minimum atomic E-state index is -0.459. The molecule has 0 aromatic carbocycles. The van der Waals surface area contributed by atoms with Gasteiger partial charge in [0.2, 0.25) is 11.8 Å². The van der Waals surface area contributed by atoms with Gasteiger partial charge in [0.15, 0.2) is 0 Å². The molecule has 0 saturated carbocycles. The minimum Gasteiger partial charge on any atom is -0.469 e. The summed E-state index contributed by atoms with van der Waals surface area (Å²) in [5.74, 6) is -0.292. The topological polar surface area (TPSA) is 76.5 Å². The molecule has 2 N–H and O–H groups in total. The van der Waals surface area contributed by atoms with Gasteiger partial charge in [0.25, 0.3) is 0 Å². The number of carbonyl (C=O) groups is 2. The minimum absolute atomic E-state index is 0.174. The van der Waals surface area contributed by atoms with Crippen LogP contribution in [0.5, 0.6) is 0 Å². The van der Waals surface area contributed by atoms with Crippen molar-refractivity contribution in [3.63, 3.8) is 0 Å². The average Bonchev–Trinajstić information content (AvgIpc) is 2.81. The molecule has 0 aliphatic carbocycles. The van der Waals surface area contributed by atoms with Crippen LogP contribution in [-0.4, -0.2) is 29.8 Å². The molecule has 80 valence electrons. The lowest BCUT2D eigenvalue weighted by Gasteiger charge is -2.12. The molecule has 1 fully saturated rings. The quantitative estimate of drug-likeness (QED) is 0.714. The summed E-state index contributed by atoms with van der Waals surface area (Å²) in [4.78, 5) is 24.5. The molecule has 1 saturated heterocycles. The highest BCUT2D eigenvalue weighted by Crippen LogP contribution is 2.29. The summed E-state index contributed by atoms with van der Waals surface area (Å²) in [5.41, 5.74) is 5.33. The van der Waals surface area contributed by atoms with Gasteiger partial charge in [-0.25, -0.2) is 0 Å². The van der Waals surface area contributed by atoms with E-state index in [4.69, 9.17) is 10.2 Å². The molecule has 0 spiro atoms. The van der Waals surface area contributed by atoms with Crippen molar-refractivity contribution in [2.45, 2.75) is 12.3 Å². The van der Waals surface area contributed by atoms with Crippen molar-refractivity contribution in [3.8, 4) is 0 Å². The molecule has 2 amide bonds. The summed E-state index contributed by atoms with van der Waals surface area (Å²) in [5, 5.41) is 0. The van der Waals surface area contributed by atoms with Gasteiger partial charge in [0, 0.05) is 19.5 Å². The Balaban J connectivity index is 2.18. The van der Waals surface area contributed by atoms with E-state index in [1.165, 1.54) is 11.2 Å². The third-order valence-corrected chi connectivity index (χ3v) is 2.48. The fourth-order valence-corrected chi connectivity index (χ4v) is 1.76. The number of hydrogen-bond acceptors (Lipinski definition) is 4. The summed E-state index contributed by atoms with van der Waals surface area (Å²) in [7, 11) is 0. The van der Waals surface area contributed by atoms with Crippen molar-refractivity contribution in [2.24, 2.45) is 5.73 Å². The number of hydrogen-bond donors (Lipinski definition) is 1. The SMILES string of the molecule is NCCN1C(=O)CC(c2ccco2)C1=O. The van der Waals surface area contributed by atoms with E-state index >= 15 is 0 Å². The zero-order chi connectivity index (χ0) is 10.8. The molecule has 2 rings (SSSR count). The molecule has 5 nitrogen and oxygen atoms in total. The Kier molecular flexibility index (Phi) is 2.55. The Morgan fingerprint density at radius 2 is 2.33 bits per heavy atom. The first-order valence-electron chi connectivity index (χ1n) is 4.81. The largest absolute Gasteiger partial charge is 0.469 e. The molecule has 1 atom stereocenters. The predicted octanol–water partition coefficient (Wildman–Crippen LogP) is 0.0808. The predicted molar refractivity (Wildman–Crippen MR) is 51.8 cm³/mol. The molecule has 5 heteroatoms. The highest BCUT2D eigenvalue weighted by atomic mass is 16.3. The summed E-state index contributed by atoms with van der Waals surface area (Å²) in [6, 6.07) is 3.42. The average molecular weight is 208 g/mol. The second-order valence-electron chi connectivity index (χ2n) is 3.44. The first kappa shape index (κ1) is 9.92. The van der Waals surface area contributed by atoms with Gasteiger partial charge in [-0.05, 0) is 12.1 Å². The zero-order valence-electron chi connectivity index (χ0n) is 8.18. The van der Waals surface area contributed by atoms with Crippen LogP contribution in [0.1, 0.15) is 18.1 Å². The Bertz CT molecular complexity index is 372. The van der Waals surface area contributed by atoms with Crippen molar-refractivity contribution >= 4 is 11.8 Å². The van der Waals surface area contributed by atoms with Crippen LogP contribution in [-0.2, 0) is 9.59 Å². The van der Waals surface area contributed by atoms with Crippen LogP contribution in [0.4, 0.5) is 0 Å². The Morgan fingerprint density at radius 1 is 1.53 bits per heavy atom. The number of nitrogens with zero attached hydrogens (tertiary/aromatic N) is 1. The van der Waals surface area contributed by atoms with E-state index in [1.54, 1.807) is 12.1 Å². The van der Waals surface area contributed by atoms with E-state index < -0.39 is 5.92 Å². The first-order chi connectivity index (χ1) is 7.24. The highest BCUT2D eigenvalue weighted by Gasteiger charge is 2.40. The van der Waals surface area contributed by atoms with Crippen molar-refractivity contribution in [2.75, 3.05) is 13.1 Å².